The minimum atomic E-state index is 0.198. The molecule has 0 radical (unpaired) electrons. The van der Waals surface area contributed by atoms with Crippen LogP contribution in [0.5, 0.6) is 11.5 Å². The number of methoxy groups -OCH3 is 2. The highest BCUT2D eigenvalue weighted by molar-refractivity contribution is 5.79. The van der Waals surface area contributed by atoms with Crippen molar-refractivity contribution in [3.05, 3.63) is 18.0 Å². The van der Waals surface area contributed by atoms with Crippen molar-refractivity contribution in [1.29, 1.82) is 0 Å². The molecule has 2 N–H and O–H groups in total. The molecule has 5 nitrogen and oxygen atoms in total. The van der Waals surface area contributed by atoms with E-state index in [2.05, 4.69) is 29.1 Å². The molecule has 0 spiro atoms. The molecule has 104 valence electrons. The minimum absolute atomic E-state index is 0.198. The number of imidazole rings is 1. The van der Waals surface area contributed by atoms with E-state index >= 15 is 0 Å². The summed E-state index contributed by atoms with van der Waals surface area (Å²) in [7, 11) is 3.26. The molecule has 0 aliphatic heterocycles. The van der Waals surface area contributed by atoms with Gasteiger partial charge >= 0.3 is 0 Å². The lowest BCUT2D eigenvalue weighted by molar-refractivity contribution is 0.356. The van der Waals surface area contributed by atoms with Gasteiger partial charge in [-0.15, -0.1) is 0 Å². The number of hydrogen-bond acceptors (Lipinski definition) is 4. The van der Waals surface area contributed by atoms with E-state index in [9.17, 15) is 0 Å². The highest BCUT2D eigenvalue weighted by Crippen LogP contribution is 2.31. The van der Waals surface area contributed by atoms with Crippen molar-refractivity contribution < 1.29 is 9.47 Å². The van der Waals surface area contributed by atoms with E-state index in [1.807, 2.05) is 12.1 Å². The smallest absolute Gasteiger partial charge is 0.163 e. The predicted octanol–water partition coefficient (Wildman–Crippen LogP) is 2.64. The lowest BCUT2D eigenvalue weighted by Gasteiger charge is -2.09. The number of H-pyrrole nitrogens is 1. The second-order valence-electron chi connectivity index (χ2n) is 4.52. The van der Waals surface area contributed by atoms with Gasteiger partial charge in [-0.2, -0.15) is 0 Å². The summed E-state index contributed by atoms with van der Waals surface area (Å²) in [5.41, 5.74) is 1.84. The van der Waals surface area contributed by atoms with E-state index in [-0.39, 0.29) is 6.04 Å². The van der Waals surface area contributed by atoms with Crippen molar-refractivity contribution in [1.82, 2.24) is 15.3 Å². The highest BCUT2D eigenvalue weighted by Gasteiger charge is 2.13. The van der Waals surface area contributed by atoms with Gasteiger partial charge in [0.15, 0.2) is 11.5 Å². The third kappa shape index (κ3) is 2.81. The minimum Gasteiger partial charge on any atom is -0.493 e. The van der Waals surface area contributed by atoms with E-state index in [4.69, 9.17) is 9.47 Å². The van der Waals surface area contributed by atoms with Crippen LogP contribution in [-0.2, 0) is 0 Å². The molecule has 1 aromatic carbocycles. The van der Waals surface area contributed by atoms with Crippen LogP contribution in [0.25, 0.3) is 11.0 Å². The molecule has 1 heterocycles. The van der Waals surface area contributed by atoms with Crippen LogP contribution in [0.2, 0.25) is 0 Å². The Labute approximate surface area is 113 Å². The first-order valence-corrected chi connectivity index (χ1v) is 6.54. The Bertz CT molecular complexity index is 510. The molecular formula is C14H21N3O2. The van der Waals surface area contributed by atoms with Crippen molar-refractivity contribution in [2.75, 3.05) is 20.8 Å². The summed E-state index contributed by atoms with van der Waals surface area (Å²) in [5.74, 6) is 2.33. The number of fused-ring (bicyclic) bond motifs is 1. The molecule has 0 fully saturated rings. The number of hydrogen-bond donors (Lipinski definition) is 2. The van der Waals surface area contributed by atoms with E-state index < -0.39 is 0 Å². The van der Waals surface area contributed by atoms with Crippen LogP contribution in [0.15, 0.2) is 12.1 Å². The summed E-state index contributed by atoms with van der Waals surface area (Å²) >= 11 is 0. The van der Waals surface area contributed by atoms with Crippen LogP contribution < -0.4 is 14.8 Å². The van der Waals surface area contributed by atoms with Crippen LogP contribution in [0.1, 0.15) is 32.1 Å². The quantitative estimate of drug-likeness (QED) is 0.841. The third-order valence-electron chi connectivity index (χ3n) is 3.12. The van der Waals surface area contributed by atoms with Crippen molar-refractivity contribution in [3.63, 3.8) is 0 Å². The standard InChI is InChI=1S/C14H21N3O2/c1-5-6-15-9(2)14-16-10-7-12(18-3)13(19-4)8-11(10)17-14/h7-9,15H,5-6H2,1-4H3,(H,16,17). The number of aromatic nitrogens is 2. The molecule has 0 aliphatic carbocycles. The van der Waals surface area contributed by atoms with Gasteiger partial charge in [-0.05, 0) is 19.9 Å². The average molecular weight is 263 g/mol. The maximum Gasteiger partial charge on any atom is 0.163 e. The number of nitrogens with zero attached hydrogens (tertiary/aromatic N) is 1. The summed E-state index contributed by atoms with van der Waals surface area (Å²) in [6.07, 6.45) is 1.10. The summed E-state index contributed by atoms with van der Waals surface area (Å²) in [5, 5.41) is 3.41. The zero-order valence-corrected chi connectivity index (χ0v) is 11.9. The van der Waals surface area contributed by atoms with Gasteiger partial charge in [-0.3, -0.25) is 0 Å². The monoisotopic (exact) mass is 263 g/mol. The van der Waals surface area contributed by atoms with Crippen LogP contribution >= 0.6 is 0 Å². The molecule has 1 atom stereocenters. The highest BCUT2D eigenvalue weighted by atomic mass is 16.5. The molecule has 0 saturated heterocycles. The molecule has 0 saturated carbocycles. The van der Waals surface area contributed by atoms with Gasteiger partial charge in [0.1, 0.15) is 5.82 Å². The molecule has 19 heavy (non-hydrogen) atoms. The summed E-state index contributed by atoms with van der Waals surface area (Å²) < 4.78 is 10.6. The molecule has 1 aromatic heterocycles. The maximum absolute atomic E-state index is 5.29. The zero-order valence-electron chi connectivity index (χ0n) is 11.9. The molecule has 1 unspecified atom stereocenters. The van der Waals surface area contributed by atoms with Crippen LogP contribution in [0, 0.1) is 0 Å². The third-order valence-corrected chi connectivity index (χ3v) is 3.12. The summed E-state index contributed by atoms with van der Waals surface area (Å²) in [6, 6.07) is 4.00. The first-order valence-electron chi connectivity index (χ1n) is 6.54. The summed E-state index contributed by atoms with van der Waals surface area (Å²) in [4.78, 5) is 7.92. The first kappa shape index (κ1) is 13.7. The van der Waals surface area contributed by atoms with Crippen molar-refractivity contribution in [2.45, 2.75) is 26.3 Å². The fraction of sp³-hybridized carbons (Fsp3) is 0.500. The number of aromatic amines is 1. The fourth-order valence-corrected chi connectivity index (χ4v) is 2.02. The van der Waals surface area contributed by atoms with Crippen LogP contribution in [0.4, 0.5) is 0 Å². The van der Waals surface area contributed by atoms with Gasteiger partial charge < -0.3 is 19.8 Å². The number of rotatable bonds is 6. The molecule has 0 amide bonds. The van der Waals surface area contributed by atoms with Gasteiger partial charge in [-0.25, -0.2) is 4.98 Å². The average Bonchev–Trinajstić information content (AvgIpc) is 2.85. The fourth-order valence-electron chi connectivity index (χ4n) is 2.02. The Morgan fingerprint density at radius 2 is 1.95 bits per heavy atom. The summed E-state index contributed by atoms with van der Waals surface area (Å²) in [6.45, 7) is 5.22. The van der Waals surface area contributed by atoms with Crippen LogP contribution in [0.3, 0.4) is 0 Å². The normalized spacial score (nSPS) is 12.6. The Hall–Kier alpha value is -1.75. The van der Waals surface area contributed by atoms with Gasteiger partial charge in [0.2, 0.25) is 0 Å². The predicted molar refractivity (Wildman–Crippen MR) is 75.9 cm³/mol. The Balaban J connectivity index is 2.34. The lowest BCUT2D eigenvalue weighted by Crippen LogP contribution is -2.20. The van der Waals surface area contributed by atoms with Crippen molar-refractivity contribution in [3.8, 4) is 11.5 Å². The van der Waals surface area contributed by atoms with Crippen LogP contribution in [-0.4, -0.2) is 30.7 Å². The first-order chi connectivity index (χ1) is 9.19. The number of nitrogens with one attached hydrogen (secondary N) is 2. The van der Waals surface area contributed by atoms with Gasteiger partial charge in [-0.1, -0.05) is 6.92 Å². The molecule has 5 heteroatoms. The second kappa shape index (κ2) is 5.93. The van der Waals surface area contributed by atoms with E-state index in [1.54, 1.807) is 14.2 Å². The largest absolute Gasteiger partial charge is 0.493 e. The topological polar surface area (TPSA) is 59.2 Å². The Kier molecular flexibility index (Phi) is 4.27. The molecule has 2 aromatic rings. The number of benzene rings is 1. The van der Waals surface area contributed by atoms with E-state index in [0.29, 0.717) is 11.5 Å². The molecule has 0 aliphatic rings. The lowest BCUT2D eigenvalue weighted by atomic mass is 10.3. The number of ether oxygens (including phenoxy) is 2. The maximum atomic E-state index is 5.29. The zero-order chi connectivity index (χ0) is 13.8. The SMILES string of the molecule is CCCNC(C)c1nc2cc(OC)c(OC)cc2[nH]1. The van der Waals surface area contributed by atoms with E-state index in [1.165, 1.54) is 0 Å². The molecule has 0 bridgehead atoms. The van der Waals surface area contributed by atoms with Gasteiger partial charge in [0.05, 0.1) is 31.3 Å². The van der Waals surface area contributed by atoms with Crippen molar-refractivity contribution >= 4 is 11.0 Å². The Morgan fingerprint density at radius 1 is 1.26 bits per heavy atom. The van der Waals surface area contributed by atoms with E-state index in [0.717, 1.165) is 29.8 Å². The Morgan fingerprint density at radius 3 is 2.58 bits per heavy atom. The van der Waals surface area contributed by atoms with Crippen molar-refractivity contribution in [2.24, 2.45) is 0 Å². The van der Waals surface area contributed by atoms with Gasteiger partial charge in [0.25, 0.3) is 0 Å². The molecular weight excluding hydrogens is 242 g/mol. The van der Waals surface area contributed by atoms with Gasteiger partial charge in [0, 0.05) is 12.1 Å². The molecule has 2 rings (SSSR count). The second-order valence-corrected chi connectivity index (χ2v) is 4.52.